The van der Waals surface area contributed by atoms with Crippen molar-refractivity contribution in [3.63, 3.8) is 0 Å². The molecule has 0 radical (unpaired) electrons. The summed E-state index contributed by atoms with van der Waals surface area (Å²) in [6, 6.07) is 7.94. The number of thiazole rings is 1. The number of aromatic nitrogens is 3. The predicted molar refractivity (Wildman–Crippen MR) is 153 cm³/mol. The van der Waals surface area contributed by atoms with Crippen LogP contribution in [0.4, 0.5) is 0 Å². The lowest BCUT2D eigenvalue weighted by Gasteiger charge is -2.26. The van der Waals surface area contributed by atoms with E-state index >= 15 is 0 Å². The highest BCUT2D eigenvalue weighted by Crippen LogP contribution is 2.40. The lowest BCUT2D eigenvalue weighted by Crippen LogP contribution is -2.40. The van der Waals surface area contributed by atoms with E-state index in [1.54, 1.807) is 62.6 Å². The van der Waals surface area contributed by atoms with Gasteiger partial charge in [0.05, 0.1) is 42.7 Å². The Hall–Kier alpha value is -3.68. The maximum absolute atomic E-state index is 13.9. The lowest BCUT2D eigenvalue weighted by atomic mass is 9.95. The van der Waals surface area contributed by atoms with Crippen LogP contribution in [0.15, 0.2) is 82.9 Å². The van der Waals surface area contributed by atoms with Crippen LogP contribution in [0.25, 0.3) is 6.08 Å². The molecule has 5 rings (SSSR count). The molecule has 1 aliphatic heterocycles. The molecule has 0 bridgehead atoms. The van der Waals surface area contributed by atoms with Crippen LogP contribution in [0.2, 0.25) is 0 Å². The number of ether oxygens (including phenoxy) is 3. The summed E-state index contributed by atoms with van der Waals surface area (Å²) in [5.41, 5.74) is 0.995. The van der Waals surface area contributed by atoms with Gasteiger partial charge >= 0.3 is 5.97 Å². The van der Waals surface area contributed by atoms with Crippen LogP contribution in [-0.2, 0) is 9.53 Å². The Morgan fingerprint density at radius 2 is 1.93 bits per heavy atom. The minimum atomic E-state index is -0.829. The van der Waals surface area contributed by atoms with E-state index < -0.39 is 12.0 Å². The number of furan rings is 1. The largest absolute Gasteiger partial charge is 0.493 e. The fourth-order valence-electron chi connectivity index (χ4n) is 4.19. The van der Waals surface area contributed by atoms with Crippen molar-refractivity contribution >= 4 is 51.1 Å². The van der Waals surface area contributed by atoms with Gasteiger partial charge in [-0.1, -0.05) is 27.3 Å². The second-order valence-corrected chi connectivity index (χ2v) is 11.2. The average Bonchev–Trinajstić information content (AvgIpc) is 3.51. The van der Waals surface area contributed by atoms with E-state index in [1.165, 1.54) is 41.9 Å². The van der Waals surface area contributed by atoms with Crippen LogP contribution in [0.3, 0.4) is 0 Å². The molecule has 4 aromatic rings. The number of fused-ring (bicyclic) bond motifs is 1. The molecule has 4 heterocycles. The summed E-state index contributed by atoms with van der Waals surface area (Å²) in [5.74, 6) is 0.870. The molecule has 0 saturated carbocycles. The van der Waals surface area contributed by atoms with Crippen LogP contribution in [0, 0.1) is 0 Å². The summed E-state index contributed by atoms with van der Waals surface area (Å²) in [6.45, 7) is 3.63. The van der Waals surface area contributed by atoms with E-state index in [9.17, 15) is 9.59 Å². The minimum absolute atomic E-state index is 0.173. The van der Waals surface area contributed by atoms with Gasteiger partial charge in [0.15, 0.2) is 26.5 Å². The average molecular weight is 644 g/mol. The maximum Gasteiger partial charge on any atom is 0.338 e. The molecule has 0 saturated heterocycles. The standard InChI is InChI=1S/C27H23BrN4O6S2/c1-5-37-25(34)22-14(2)31-27-32(23(22)16-12-18(35-3)19(36-4)13-17(16)28)24(33)20(39-27)11-15-7-8-21(38-15)40-26-29-9-6-10-30-26/h6-13,23H,5H2,1-4H3/b20-11+/t23-/m0/s1. The highest BCUT2D eigenvalue weighted by molar-refractivity contribution is 9.10. The predicted octanol–water partition coefficient (Wildman–Crippen LogP) is 4.11. The van der Waals surface area contributed by atoms with Gasteiger partial charge < -0.3 is 18.6 Å². The van der Waals surface area contributed by atoms with Crippen molar-refractivity contribution in [1.82, 2.24) is 14.5 Å². The van der Waals surface area contributed by atoms with Crippen molar-refractivity contribution < 1.29 is 23.4 Å². The first kappa shape index (κ1) is 27.9. The van der Waals surface area contributed by atoms with Crippen LogP contribution in [0.5, 0.6) is 11.5 Å². The summed E-state index contributed by atoms with van der Waals surface area (Å²) >= 11 is 6.08. The van der Waals surface area contributed by atoms with Gasteiger partial charge in [-0.25, -0.2) is 19.8 Å². The molecule has 0 fully saturated rings. The Morgan fingerprint density at radius 1 is 1.20 bits per heavy atom. The van der Waals surface area contributed by atoms with E-state index in [0.29, 0.717) is 52.6 Å². The molecule has 3 aromatic heterocycles. The number of hydrogen-bond donors (Lipinski definition) is 0. The maximum atomic E-state index is 13.9. The molecule has 1 aromatic carbocycles. The Bertz CT molecular complexity index is 1800. The smallest absolute Gasteiger partial charge is 0.338 e. The van der Waals surface area contributed by atoms with Crippen molar-refractivity contribution in [2.45, 2.75) is 30.1 Å². The third kappa shape index (κ3) is 5.36. The zero-order valence-corrected chi connectivity index (χ0v) is 25.1. The number of carbonyl (C=O) groups excluding carboxylic acids is 1. The summed E-state index contributed by atoms with van der Waals surface area (Å²) in [4.78, 5) is 40.5. The molecule has 1 atom stereocenters. The number of nitrogens with zero attached hydrogens (tertiary/aromatic N) is 4. The fourth-order valence-corrected chi connectivity index (χ4v) is 6.44. The topological polar surface area (TPSA) is 118 Å². The number of halogens is 1. The SMILES string of the molecule is CCOC(=O)C1=C(C)N=c2s/c(=C/c3ccc(Sc4ncccn4)o3)c(=O)n2[C@H]1c1cc(OC)c(OC)cc1Br. The first-order valence-electron chi connectivity index (χ1n) is 12.0. The lowest BCUT2D eigenvalue weighted by molar-refractivity contribution is -0.139. The van der Waals surface area contributed by atoms with E-state index in [0.717, 1.165) is 0 Å². The van der Waals surface area contributed by atoms with Crippen molar-refractivity contribution in [3.8, 4) is 11.5 Å². The van der Waals surface area contributed by atoms with Crippen molar-refractivity contribution in [3.05, 3.63) is 89.5 Å². The Kier molecular flexibility index (Phi) is 8.24. The molecule has 0 N–H and O–H groups in total. The van der Waals surface area contributed by atoms with Crippen molar-refractivity contribution in [2.75, 3.05) is 20.8 Å². The molecule has 206 valence electrons. The van der Waals surface area contributed by atoms with Gasteiger partial charge in [0, 0.05) is 22.9 Å². The van der Waals surface area contributed by atoms with Gasteiger partial charge in [0.1, 0.15) is 5.76 Å². The monoisotopic (exact) mass is 642 g/mol. The minimum Gasteiger partial charge on any atom is -0.493 e. The van der Waals surface area contributed by atoms with E-state index in [4.69, 9.17) is 18.6 Å². The fraction of sp³-hybridized carbons (Fsp3) is 0.222. The van der Waals surface area contributed by atoms with Gasteiger partial charge in [0.2, 0.25) is 0 Å². The molecular weight excluding hydrogens is 620 g/mol. The quantitative estimate of drug-likeness (QED) is 0.207. The Morgan fingerprint density at radius 3 is 2.62 bits per heavy atom. The highest BCUT2D eigenvalue weighted by Gasteiger charge is 2.35. The number of allylic oxidation sites excluding steroid dienone is 1. The second kappa shape index (κ2) is 11.8. The summed E-state index contributed by atoms with van der Waals surface area (Å²) in [5, 5.41) is 1.13. The normalized spacial score (nSPS) is 15.0. The van der Waals surface area contributed by atoms with Gasteiger partial charge in [0.25, 0.3) is 5.56 Å². The number of rotatable bonds is 8. The first-order chi connectivity index (χ1) is 19.3. The van der Waals surface area contributed by atoms with Gasteiger partial charge in [-0.15, -0.1) is 0 Å². The van der Waals surface area contributed by atoms with E-state index in [1.807, 2.05) is 0 Å². The van der Waals surface area contributed by atoms with Crippen LogP contribution >= 0.6 is 39.0 Å². The first-order valence-corrected chi connectivity index (χ1v) is 14.4. The van der Waals surface area contributed by atoms with Crippen LogP contribution in [-0.4, -0.2) is 41.3 Å². The summed E-state index contributed by atoms with van der Waals surface area (Å²) < 4.78 is 24.8. The summed E-state index contributed by atoms with van der Waals surface area (Å²) in [7, 11) is 3.06. The Labute approximate surface area is 245 Å². The number of esters is 1. The van der Waals surface area contributed by atoms with E-state index in [-0.39, 0.29) is 17.7 Å². The van der Waals surface area contributed by atoms with Crippen molar-refractivity contribution in [1.29, 1.82) is 0 Å². The molecule has 0 spiro atoms. The second-order valence-electron chi connectivity index (χ2n) is 8.32. The van der Waals surface area contributed by atoms with Crippen LogP contribution < -0.4 is 24.4 Å². The molecule has 40 heavy (non-hydrogen) atoms. The third-order valence-electron chi connectivity index (χ3n) is 5.92. The van der Waals surface area contributed by atoms with Gasteiger partial charge in [-0.3, -0.25) is 9.36 Å². The number of carbonyl (C=O) groups is 1. The number of benzene rings is 1. The Balaban J connectivity index is 1.64. The van der Waals surface area contributed by atoms with E-state index in [2.05, 4.69) is 30.9 Å². The number of hydrogen-bond acceptors (Lipinski definition) is 11. The molecule has 0 aliphatic carbocycles. The van der Waals surface area contributed by atoms with Crippen molar-refractivity contribution in [2.24, 2.45) is 4.99 Å². The number of methoxy groups -OCH3 is 2. The molecule has 13 heteroatoms. The zero-order chi connectivity index (χ0) is 28.4. The van der Waals surface area contributed by atoms with Gasteiger partial charge in [-0.05, 0) is 61.5 Å². The molecule has 10 nitrogen and oxygen atoms in total. The molecule has 0 unspecified atom stereocenters. The van der Waals surface area contributed by atoms with Crippen LogP contribution in [0.1, 0.15) is 31.2 Å². The van der Waals surface area contributed by atoms with Gasteiger partial charge in [-0.2, -0.15) is 0 Å². The highest BCUT2D eigenvalue weighted by atomic mass is 79.9. The summed E-state index contributed by atoms with van der Waals surface area (Å²) in [6.07, 6.45) is 4.96. The zero-order valence-electron chi connectivity index (χ0n) is 21.8. The molecular formula is C27H23BrN4O6S2. The molecule has 1 aliphatic rings. The molecule has 0 amide bonds. The third-order valence-corrected chi connectivity index (χ3v) is 8.41.